The van der Waals surface area contributed by atoms with Crippen LogP contribution in [0.5, 0.6) is 0 Å². The number of fused-ring (bicyclic) bond motifs is 1. The molecule has 1 aliphatic rings. The Kier molecular flexibility index (Phi) is 5.88. The van der Waals surface area contributed by atoms with E-state index in [1.54, 1.807) is 39.8 Å². The molecule has 0 saturated heterocycles. The van der Waals surface area contributed by atoms with Gasteiger partial charge in [0.25, 0.3) is 0 Å². The maximum absolute atomic E-state index is 13.5. The first-order chi connectivity index (χ1) is 13.7. The van der Waals surface area contributed by atoms with E-state index in [2.05, 4.69) is 4.72 Å². The van der Waals surface area contributed by atoms with Gasteiger partial charge in [-0.15, -0.1) is 0 Å². The number of halogens is 2. The van der Waals surface area contributed by atoms with Crippen molar-refractivity contribution in [3.8, 4) is 0 Å². The second kappa shape index (κ2) is 7.71. The summed E-state index contributed by atoms with van der Waals surface area (Å²) < 4.78 is 60.1. The van der Waals surface area contributed by atoms with E-state index >= 15 is 0 Å². The molecule has 1 aromatic heterocycles. The van der Waals surface area contributed by atoms with Crippen molar-refractivity contribution in [2.24, 2.45) is 0 Å². The fraction of sp³-hybridized carbons (Fsp3) is 0.591. The average Bonchev–Trinajstić information content (AvgIpc) is 2.60. The number of hydrogen-bond donors (Lipinski definition) is 1. The lowest BCUT2D eigenvalue weighted by Crippen LogP contribution is -2.40. The number of sulfonamides is 1. The summed E-state index contributed by atoms with van der Waals surface area (Å²) in [4.78, 5) is 12.8. The van der Waals surface area contributed by atoms with Gasteiger partial charge < -0.3 is 4.42 Å². The highest BCUT2D eigenvalue weighted by molar-refractivity contribution is 7.90. The maximum Gasteiger partial charge on any atom is 0.248 e. The van der Waals surface area contributed by atoms with E-state index in [-0.39, 0.29) is 37.0 Å². The van der Waals surface area contributed by atoms with Crippen molar-refractivity contribution >= 4 is 21.0 Å². The molecule has 0 bridgehead atoms. The third-order valence-corrected chi connectivity index (χ3v) is 8.02. The van der Waals surface area contributed by atoms with E-state index in [1.165, 1.54) is 6.07 Å². The standard InChI is InChI=1S/C22H29F2NO4S/c1-13-10-16(14(2)25-30(27,28)21(3,4)5)20-17(11-13)18(26)12-19(29-20)15-6-8-22(23,24)9-7-15/h10-12,14-15,25H,6-9H2,1-5H3/t14-/m1/s1. The first-order valence-electron chi connectivity index (χ1n) is 10.2. The quantitative estimate of drug-likeness (QED) is 0.710. The molecule has 1 saturated carbocycles. The molecule has 1 heterocycles. The normalized spacial score (nSPS) is 19.2. The van der Waals surface area contributed by atoms with Crippen LogP contribution in [-0.4, -0.2) is 19.1 Å². The summed E-state index contributed by atoms with van der Waals surface area (Å²) in [7, 11) is -3.63. The zero-order chi connectivity index (χ0) is 22.5. The zero-order valence-corrected chi connectivity index (χ0v) is 18.8. The second-order valence-corrected chi connectivity index (χ2v) is 11.8. The Morgan fingerprint density at radius 2 is 1.77 bits per heavy atom. The molecule has 30 heavy (non-hydrogen) atoms. The highest BCUT2D eigenvalue weighted by Gasteiger charge is 2.37. The minimum atomic E-state index is -3.63. The Hall–Kier alpha value is -1.80. The minimum Gasteiger partial charge on any atom is -0.460 e. The monoisotopic (exact) mass is 441 g/mol. The van der Waals surface area contributed by atoms with Gasteiger partial charge in [-0.1, -0.05) is 6.07 Å². The Morgan fingerprint density at radius 3 is 2.33 bits per heavy atom. The van der Waals surface area contributed by atoms with Crippen LogP contribution in [-0.2, 0) is 10.0 Å². The molecule has 0 radical (unpaired) electrons. The van der Waals surface area contributed by atoms with Gasteiger partial charge >= 0.3 is 0 Å². The first-order valence-corrected chi connectivity index (χ1v) is 11.7. The van der Waals surface area contributed by atoms with E-state index < -0.39 is 26.7 Å². The molecule has 1 fully saturated rings. The number of aryl methyl sites for hydroxylation is 1. The molecule has 0 unspecified atom stereocenters. The summed E-state index contributed by atoms with van der Waals surface area (Å²) in [6.07, 6.45) is 0.0214. The van der Waals surface area contributed by atoms with Gasteiger partial charge in [-0.25, -0.2) is 21.9 Å². The summed E-state index contributed by atoms with van der Waals surface area (Å²) in [5.41, 5.74) is 1.42. The summed E-state index contributed by atoms with van der Waals surface area (Å²) >= 11 is 0. The molecule has 1 N–H and O–H groups in total. The van der Waals surface area contributed by atoms with E-state index in [9.17, 15) is 22.0 Å². The molecule has 1 aliphatic carbocycles. The predicted molar refractivity (Wildman–Crippen MR) is 114 cm³/mol. The molecular weight excluding hydrogens is 412 g/mol. The lowest BCUT2D eigenvalue weighted by atomic mass is 9.85. The van der Waals surface area contributed by atoms with E-state index in [0.717, 1.165) is 5.56 Å². The summed E-state index contributed by atoms with van der Waals surface area (Å²) in [6.45, 7) is 8.34. The SMILES string of the molecule is Cc1cc([C@@H](C)NS(=O)(=O)C(C)(C)C)c2oc(C3CCC(F)(F)CC3)cc(=O)c2c1. The van der Waals surface area contributed by atoms with Gasteiger partial charge in [0.1, 0.15) is 11.3 Å². The third kappa shape index (κ3) is 4.59. The summed E-state index contributed by atoms with van der Waals surface area (Å²) in [5.74, 6) is -2.54. The van der Waals surface area contributed by atoms with Crippen molar-refractivity contribution in [3.05, 3.63) is 45.3 Å². The zero-order valence-electron chi connectivity index (χ0n) is 18.0. The van der Waals surface area contributed by atoms with Crippen molar-refractivity contribution in [1.82, 2.24) is 4.72 Å². The van der Waals surface area contributed by atoms with Crippen LogP contribution in [0.4, 0.5) is 8.78 Å². The number of hydrogen-bond acceptors (Lipinski definition) is 4. The van der Waals surface area contributed by atoms with Crippen LogP contribution < -0.4 is 10.2 Å². The molecule has 2 aromatic rings. The highest BCUT2D eigenvalue weighted by atomic mass is 32.2. The summed E-state index contributed by atoms with van der Waals surface area (Å²) in [5, 5.41) is 0.358. The molecular formula is C22H29F2NO4S. The van der Waals surface area contributed by atoms with E-state index in [0.29, 0.717) is 22.3 Å². The van der Waals surface area contributed by atoms with Crippen LogP contribution in [0.2, 0.25) is 0 Å². The van der Waals surface area contributed by atoms with E-state index in [4.69, 9.17) is 4.42 Å². The maximum atomic E-state index is 13.5. The molecule has 8 heteroatoms. The lowest BCUT2D eigenvalue weighted by molar-refractivity contribution is -0.0395. The van der Waals surface area contributed by atoms with Crippen molar-refractivity contribution < 1.29 is 21.6 Å². The van der Waals surface area contributed by atoms with E-state index in [1.807, 2.05) is 6.92 Å². The van der Waals surface area contributed by atoms with Gasteiger partial charge in [0, 0.05) is 36.4 Å². The van der Waals surface area contributed by atoms with Crippen LogP contribution in [0.1, 0.15) is 82.2 Å². The average molecular weight is 442 g/mol. The van der Waals surface area contributed by atoms with Gasteiger partial charge in [-0.2, -0.15) is 0 Å². The van der Waals surface area contributed by atoms with Crippen LogP contribution >= 0.6 is 0 Å². The number of nitrogens with one attached hydrogen (secondary N) is 1. The Morgan fingerprint density at radius 1 is 1.17 bits per heavy atom. The Bertz CT molecular complexity index is 1110. The second-order valence-electron chi connectivity index (χ2n) is 9.33. The molecule has 3 rings (SSSR count). The van der Waals surface area contributed by atoms with Crippen LogP contribution in [0.25, 0.3) is 11.0 Å². The van der Waals surface area contributed by atoms with Crippen molar-refractivity contribution in [1.29, 1.82) is 0 Å². The van der Waals surface area contributed by atoms with Gasteiger partial charge in [0.2, 0.25) is 15.9 Å². The van der Waals surface area contributed by atoms with Crippen LogP contribution in [0.15, 0.2) is 27.4 Å². The predicted octanol–water partition coefficient (Wildman–Crippen LogP) is 5.17. The number of alkyl halides is 2. The topological polar surface area (TPSA) is 76.4 Å². The lowest BCUT2D eigenvalue weighted by Gasteiger charge is -2.28. The van der Waals surface area contributed by atoms with Crippen molar-refractivity contribution in [2.45, 2.75) is 82.9 Å². The van der Waals surface area contributed by atoms with Gasteiger partial charge in [0.15, 0.2) is 5.43 Å². The van der Waals surface area contributed by atoms with Crippen molar-refractivity contribution in [3.63, 3.8) is 0 Å². The smallest absolute Gasteiger partial charge is 0.248 e. The van der Waals surface area contributed by atoms with Gasteiger partial charge in [-0.3, -0.25) is 4.79 Å². The molecule has 5 nitrogen and oxygen atoms in total. The van der Waals surface area contributed by atoms with Crippen LogP contribution in [0.3, 0.4) is 0 Å². The largest absolute Gasteiger partial charge is 0.460 e. The molecule has 0 amide bonds. The van der Waals surface area contributed by atoms with Crippen LogP contribution in [0, 0.1) is 6.92 Å². The number of benzene rings is 1. The first kappa shape index (κ1) is 22.9. The van der Waals surface area contributed by atoms with Crippen molar-refractivity contribution in [2.75, 3.05) is 0 Å². The Labute approximate surface area is 175 Å². The molecule has 1 atom stereocenters. The number of rotatable bonds is 4. The fourth-order valence-corrected chi connectivity index (χ4v) is 4.72. The fourth-order valence-electron chi connectivity index (χ4n) is 3.77. The summed E-state index contributed by atoms with van der Waals surface area (Å²) in [6, 6.07) is 4.25. The molecule has 1 aromatic carbocycles. The third-order valence-electron chi connectivity index (χ3n) is 5.74. The molecule has 0 spiro atoms. The Balaban J connectivity index is 2.06. The highest BCUT2D eigenvalue weighted by Crippen LogP contribution is 2.41. The van der Waals surface area contributed by atoms with Gasteiger partial charge in [-0.05, 0) is 59.1 Å². The van der Waals surface area contributed by atoms with Gasteiger partial charge in [0.05, 0.1) is 10.1 Å². The molecule has 166 valence electrons. The molecule has 0 aliphatic heterocycles. The minimum absolute atomic E-state index is 0.234.